The zero-order valence-corrected chi connectivity index (χ0v) is 17.6. The molecular weight excluding hydrogens is 394 g/mol. The van der Waals surface area contributed by atoms with Gasteiger partial charge in [0.2, 0.25) is 5.91 Å². The van der Waals surface area contributed by atoms with Crippen molar-refractivity contribution in [2.24, 2.45) is 0 Å². The third-order valence-electron chi connectivity index (χ3n) is 4.52. The van der Waals surface area contributed by atoms with Crippen LogP contribution in [0.2, 0.25) is 0 Å². The van der Waals surface area contributed by atoms with Crippen molar-refractivity contribution in [1.82, 2.24) is 24.6 Å². The Morgan fingerprint density at radius 2 is 2.03 bits per heavy atom. The van der Waals surface area contributed by atoms with Crippen molar-refractivity contribution in [3.63, 3.8) is 0 Å². The van der Waals surface area contributed by atoms with Crippen LogP contribution in [0.4, 0.5) is 0 Å². The zero-order valence-electron chi connectivity index (χ0n) is 16.8. The van der Waals surface area contributed by atoms with Gasteiger partial charge in [-0.3, -0.25) is 9.78 Å². The fourth-order valence-corrected chi connectivity index (χ4v) is 3.82. The van der Waals surface area contributed by atoms with Crippen LogP contribution in [0.3, 0.4) is 0 Å². The maximum Gasteiger partial charge on any atom is 0.246 e. The largest absolute Gasteiger partial charge is 0.335 e. The summed E-state index contributed by atoms with van der Waals surface area (Å²) < 4.78 is 1.81. The van der Waals surface area contributed by atoms with Gasteiger partial charge in [0, 0.05) is 53.9 Å². The number of likely N-dealkylation sites (N-methyl/N-ethyl adjacent to an activating group) is 1. The maximum atomic E-state index is 12.6. The Bertz CT molecular complexity index is 1160. The standard InChI is InChI=1S/C23H21N5OS/c1-17-16-30-21(25-17)15-27(2)22(29)11-10-19-14-28(20-8-4-3-5-9-20)26-23(19)18-7-6-12-24-13-18/h3-14,16H,15H2,1-2H3. The lowest BCUT2D eigenvalue weighted by molar-refractivity contribution is -0.125. The highest BCUT2D eigenvalue weighted by molar-refractivity contribution is 7.09. The molecular formula is C23H21N5OS. The normalized spacial score (nSPS) is 11.1. The van der Waals surface area contributed by atoms with E-state index in [1.807, 2.05) is 65.6 Å². The van der Waals surface area contributed by atoms with Crippen molar-refractivity contribution in [3.8, 4) is 16.9 Å². The van der Waals surface area contributed by atoms with Gasteiger partial charge < -0.3 is 4.90 Å². The van der Waals surface area contributed by atoms with Crippen LogP contribution in [-0.2, 0) is 11.3 Å². The molecule has 0 aliphatic rings. The minimum absolute atomic E-state index is 0.0903. The number of pyridine rings is 1. The van der Waals surface area contributed by atoms with Gasteiger partial charge in [0.15, 0.2) is 0 Å². The first kappa shape index (κ1) is 19.7. The second kappa shape index (κ2) is 8.84. The number of para-hydroxylation sites is 1. The first-order valence-electron chi connectivity index (χ1n) is 9.50. The van der Waals surface area contributed by atoms with E-state index in [2.05, 4.69) is 9.97 Å². The number of carbonyl (C=O) groups is 1. The Balaban J connectivity index is 1.60. The lowest BCUT2D eigenvalue weighted by Crippen LogP contribution is -2.24. The van der Waals surface area contributed by atoms with E-state index in [1.54, 1.807) is 47.8 Å². The highest BCUT2D eigenvalue weighted by Crippen LogP contribution is 2.24. The van der Waals surface area contributed by atoms with Crippen LogP contribution >= 0.6 is 11.3 Å². The predicted octanol–water partition coefficient (Wildman–Crippen LogP) is 4.37. The van der Waals surface area contributed by atoms with Crippen molar-refractivity contribution >= 4 is 23.3 Å². The smallest absolute Gasteiger partial charge is 0.246 e. The molecule has 1 aromatic carbocycles. The molecule has 0 spiro atoms. The molecule has 150 valence electrons. The van der Waals surface area contributed by atoms with E-state index in [-0.39, 0.29) is 5.91 Å². The molecule has 30 heavy (non-hydrogen) atoms. The quantitative estimate of drug-likeness (QED) is 0.439. The van der Waals surface area contributed by atoms with E-state index in [1.165, 1.54) is 0 Å². The molecule has 0 fully saturated rings. The molecule has 4 aromatic rings. The Hall–Kier alpha value is -3.58. The number of benzene rings is 1. The first-order chi connectivity index (χ1) is 14.6. The number of hydrogen-bond acceptors (Lipinski definition) is 5. The average molecular weight is 416 g/mol. The van der Waals surface area contributed by atoms with Crippen molar-refractivity contribution in [3.05, 3.63) is 88.8 Å². The Morgan fingerprint density at radius 1 is 1.20 bits per heavy atom. The number of hydrogen-bond donors (Lipinski definition) is 0. The van der Waals surface area contributed by atoms with Crippen LogP contribution < -0.4 is 0 Å². The van der Waals surface area contributed by atoms with Crippen LogP contribution in [0.15, 0.2) is 72.5 Å². The summed E-state index contributed by atoms with van der Waals surface area (Å²) in [5, 5.41) is 7.64. The molecule has 4 rings (SSSR count). The summed E-state index contributed by atoms with van der Waals surface area (Å²) in [6.07, 6.45) is 8.80. The zero-order chi connectivity index (χ0) is 20.9. The third-order valence-corrected chi connectivity index (χ3v) is 5.47. The van der Waals surface area contributed by atoms with E-state index >= 15 is 0 Å². The number of aromatic nitrogens is 4. The summed E-state index contributed by atoms with van der Waals surface area (Å²) in [7, 11) is 1.78. The van der Waals surface area contributed by atoms with Crippen molar-refractivity contribution < 1.29 is 4.79 Å². The predicted molar refractivity (Wildman–Crippen MR) is 119 cm³/mol. The van der Waals surface area contributed by atoms with Gasteiger partial charge in [-0.15, -0.1) is 11.3 Å². The molecule has 0 bridgehead atoms. The van der Waals surface area contributed by atoms with E-state index in [4.69, 9.17) is 5.10 Å². The molecule has 6 nitrogen and oxygen atoms in total. The lowest BCUT2D eigenvalue weighted by Gasteiger charge is -2.12. The van der Waals surface area contributed by atoms with Crippen molar-refractivity contribution in [2.75, 3.05) is 7.05 Å². The third kappa shape index (κ3) is 4.52. The Kier molecular flexibility index (Phi) is 5.81. The summed E-state index contributed by atoms with van der Waals surface area (Å²) in [5.41, 5.74) is 4.43. The molecule has 0 saturated heterocycles. The van der Waals surface area contributed by atoms with Gasteiger partial charge in [-0.1, -0.05) is 18.2 Å². The van der Waals surface area contributed by atoms with Crippen molar-refractivity contribution in [2.45, 2.75) is 13.5 Å². The molecule has 3 heterocycles. The second-order valence-corrected chi connectivity index (χ2v) is 7.81. The monoisotopic (exact) mass is 415 g/mol. The Morgan fingerprint density at radius 3 is 2.73 bits per heavy atom. The number of nitrogens with zero attached hydrogens (tertiary/aromatic N) is 5. The molecule has 0 unspecified atom stereocenters. The number of aryl methyl sites for hydroxylation is 1. The summed E-state index contributed by atoms with van der Waals surface area (Å²) >= 11 is 1.56. The molecule has 0 atom stereocenters. The van der Waals surface area contributed by atoms with Gasteiger partial charge in [-0.05, 0) is 37.3 Å². The Labute approximate surface area is 179 Å². The highest BCUT2D eigenvalue weighted by atomic mass is 32.1. The van der Waals surface area contributed by atoms with E-state index < -0.39 is 0 Å². The topological polar surface area (TPSA) is 63.9 Å². The molecule has 7 heteroatoms. The van der Waals surface area contributed by atoms with Crippen LogP contribution in [0.5, 0.6) is 0 Å². The van der Waals surface area contributed by atoms with Gasteiger partial charge in [0.05, 0.1) is 12.2 Å². The number of carbonyl (C=O) groups excluding carboxylic acids is 1. The van der Waals surface area contributed by atoms with Gasteiger partial charge in [-0.2, -0.15) is 5.10 Å². The van der Waals surface area contributed by atoms with Gasteiger partial charge in [0.1, 0.15) is 10.7 Å². The maximum absolute atomic E-state index is 12.6. The lowest BCUT2D eigenvalue weighted by atomic mass is 10.1. The van der Waals surface area contributed by atoms with Crippen LogP contribution in [0.25, 0.3) is 23.0 Å². The molecule has 3 aromatic heterocycles. The molecule has 0 N–H and O–H groups in total. The number of amides is 1. The van der Waals surface area contributed by atoms with Crippen LogP contribution in [0, 0.1) is 6.92 Å². The molecule has 0 radical (unpaired) electrons. The highest BCUT2D eigenvalue weighted by Gasteiger charge is 2.12. The van der Waals surface area contributed by atoms with E-state index in [9.17, 15) is 4.79 Å². The summed E-state index contributed by atoms with van der Waals surface area (Å²) in [5.74, 6) is -0.0903. The van der Waals surface area contributed by atoms with E-state index in [0.717, 1.165) is 33.2 Å². The number of thiazole rings is 1. The number of rotatable bonds is 6. The average Bonchev–Trinajstić information content (AvgIpc) is 3.39. The first-order valence-corrected chi connectivity index (χ1v) is 10.4. The minimum atomic E-state index is -0.0903. The van der Waals surface area contributed by atoms with Crippen LogP contribution in [-0.4, -0.2) is 37.6 Å². The van der Waals surface area contributed by atoms with Gasteiger partial charge >= 0.3 is 0 Å². The van der Waals surface area contributed by atoms with Crippen LogP contribution in [0.1, 0.15) is 16.3 Å². The summed E-state index contributed by atoms with van der Waals surface area (Å²) in [6.45, 7) is 2.44. The minimum Gasteiger partial charge on any atom is -0.335 e. The fourth-order valence-electron chi connectivity index (χ4n) is 2.99. The summed E-state index contributed by atoms with van der Waals surface area (Å²) in [6, 6.07) is 13.7. The second-order valence-electron chi connectivity index (χ2n) is 6.87. The molecule has 0 saturated carbocycles. The van der Waals surface area contributed by atoms with Crippen molar-refractivity contribution in [1.29, 1.82) is 0 Å². The van der Waals surface area contributed by atoms with E-state index in [0.29, 0.717) is 6.54 Å². The molecule has 0 aliphatic carbocycles. The fraction of sp³-hybridized carbons (Fsp3) is 0.130. The molecule has 1 amide bonds. The SMILES string of the molecule is Cc1csc(CN(C)C(=O)C=Cc2cn(-c3ccccc3)nc2-c2cccnc2)n1. The summed E-state index contributed by atoms with van der Waals surface area (Å²) in [4.78, 5) is 22.9. The van der Waals surface area contributed by atoms with Gasteiger partial charge in [-0.25, -0.2) is 9.67 Å². The van der Waals surface area contributed by atoms with Gasteiger partial charge in [0.25, 0.3) is 0 Å². The molecule has 0 aliphatic heterocycles.